The predicted molar refractivity (Wildman–Crippen MR) is 74.6 cm³/mol. The van der Waals surface area contributed by atoms with Crippen molar-refractivity contribution in [2.75, 3.05) is 6.54 Å². The Morgan fingerprint density at radius 3 is 2.74 bits per heavy atom. The van der Waals surface area contributed by atoms with E-state index in [9.17, 15) is 4.79 Å². The van der Waals surface area contributed by atoms with E-state index >= 15 is 0 Å². The molecular weight excluding hydrogens is 236 g/mol. The van der Waals surface area contributed by atoms with E-state index in [2.05, 4.69) is 22.1 Å². The first-order chi connectivity index (χ1) is 9.27. The summed E-state index contributed by atoms with van der Waals surface area (Å²) in [6, 6.07) is 13.1. The number of rotatable bonds is 2. The van der Waals surface area contributed by atoms with Gasteiger partial charge in [0.1, 0.15) is 5.69 Å². The quantitative estimate of drug-likeness (QED) is 0.830. The van der Waals surface area contributed by atoms with Crippen LogP contribution in [0.3, 0.4) is 0 Å². The van der Waals surface area contributed by atoms with Crippen LogP contribution >= 0.6 is 0 Å². The molecule has 0 aliphatic heterocycles. The van der Waals surface area contributed by atoms with Crippen molar-refractivity contribution in [2.24, 2.45) is 0 Å². The molecule has 1 amide bonds. The standard InChI is InChI=1S/C16H14N2O/c1-13-7-2-3-8-14(13)9-6-12-18-16(19)15-10-4-5-11-17-15/h2-5,7-8,10-11H,12H2,1H3,(H,18,19). The lowest BCUT2D eigenvalue weighted by Crippen LogP contribution is -2.24. The van der Waals surface area contributed by atoms with E-state index in [-0.39, 0.29) is 5.91 Å². The minimum atomic E-state index is -0.209. The van der Waals surface area contributed by atoms with Crippen molar-refractivity contribution in [3.8, 4) is 11.8 Å². The Kier molecular flexibility index (Phi) is 4.30. The van der Waals surface area contributed by atoms with Gasteiger partial charge in [0.05, 0.1) is 6.54 Å². The number of hydrogen-bond donors (Lipinski definition) is 1. The van der Waals surface area contributed by atoms with Gasteiger partial charge in [-0.3, -0.25) is 9.78 Å². The molecular formula is C16H14N2O. The van der Waals surface area contributed by atoms with Crippen LogP contribution < -0.4 is 5.32 Å². The van der Waals surface area contributed by atoms with E-state index in [1.807, 2.05) is 31.2 Å². The zero-order chi connectivity index (χ0) is 13.5. The van der Waals surface area contributed by atoms with Gasteiger partial charge in [-0.05, 0) is 30.7 Å². The number of nitrogens with zero attached hydrogens (tertiary/aromatic N) is 1. The molecule has 2 rings (SSSR count). The van der Waals surface area contributed by atoms with Crippen LogP contribution in [0.5, 0.6) is 0 Å². The number of aromatic nitrogens is 1. The average molecular weight is 250 g/mol. The fourth-order valence-electron chi connectivity index (χ4n) is 1.56. The molecule has 3 heteroatoms. The molecule has 1 aromatic heterocycles. The van der Waals surface area contributed by atoms with E-state index in [4.69, 9.17) is 0 Å². The summed E-state index contributed by atoms with van der Waals surface area (Å²) in [5.41, 5.74) is 2.51. The van der Waals surface area contributed by atoms with Crippen LogP contribution in [-0.4, -0.2) is 17.4 Å². The smallest absolute Gasteiger partial charge is 0.270 e. The molecule has 0 atom stereocenters. The maximum Gasteiger partial charge on any atom is 0.270 e. The fraction of sp³-hybridized carbons (Fsp3) is 0.125. The Bertz CT molecular complexity index is 624. The zero-order valence-corrected chi connectivity index (χ0v) is 10.7. The first kappa shape index (κ1) is 12.8. The van der Waals surface area contributed by atoms with Crippen molar-refractivity contribution in [3.05, 3.63) is 65.5 Å². The summed E-state index contributed by atoms with van der Waals surface area (Å²) >= 11 is 0. The Labute approximate surface area is 112 Å². The zero-order valence-electron chi connectivity index (χ0n) is 10.7. The molecule has 19 heavy (non-hydrogen) atoms. The Hall–Kier alpha value is -2.60. The van der Waals surface area contributed by atoms with Crippen molar-refractivity contribution in [2.45, 2.75) is 6.92 Å². The molecule has 1 N–H and O–H groups in total. The summed E-state index contributed by atoms with van der Waals surface area (Å²) in [6.07, 6.45) is 1.59. The second-order valence-corrected chi connectivity index (χ2v) is 4.01. The molecule has 0 radical (unpaired) electrons. The van der Waals surface area contributed by atoms with E-state index in [1.54, 1.807) is 24.4 Å². The third-order valence-corrected chi connectivity index (χ3v) is 2.60. The lowest BCUT2D eigenvalue weighted by Gasteiger charge is -1.99. The van der Waals surface area contributed by atoms with Crippen LogP contribution in [0.15, 0.2) is 48.7 Å². The topological polar surface area (TPSA) is 42.0 Å². The lowest BCUT2D eigenvalue weighted by molar-refractivity contribution is 0.0954. The molecule has 2 aromatic rings. The maximum absolute atomic E-state index is 11.7. The normalized spacial score (nSPS) is 9.32. The van der Waals surface area contributed by atoms with Gasteiger partial charge in [0.15, 0.2) is 0 Å². The van der Waals surface area contributed by atoms with Crippen LogP contribution in [0, 0.1) is 18.8 Å². The molecule has 1 aromatic carbocycles. The van der Waals surface area contributed by atoms with Crippen molar-refractivity contribution >= 4 is 5.91 Å². The first-order valence-electron chi connectivity index (χ1n) is 6.01. The molecule has 0 unspecified atom stereocenters. The summed E-state index contributed by atoms with van der Waals surface area (Å²) in [7, 11) is 0. The van der Waals surface area contributed by atoms with E-state index in [0.717, 1.165) is 11.1 Å². The SMILES string of the molecule is Cc1ccccc1C#CCNC(=O)c1ccccn1. The Balaban J connectivity index is 1.92. The summed E-state index contributed by atoms with van der Waals surface area (Å²) in [4.78, 5) is 15.7. The molecule has 0 spiro atoms. The molecule has 0 saturated carbocycles. The highest BCUT2D eigenvalue weighted by Gasteiger charge is 2.03. The van der Waals surface area contributed by atoms with Gasteiger partial charge in [0.2, 0.25) is 0 Å². The van der Waals surface area contributed by atoms with Gasteiger partial charge < -0.3 is 5.32 Å². The van der Waals surface area contributed by atoms with Crippen LogP contribution in [0.2, 0.25) is 0 Å². The van der Waals surface area contributed by atoms with E-state index in [0.29, 0.717) is 12.2 Å². The van der Waals surface area contributed by atoms with Crippen molar-refractivity contribution in [1.82, 2.24) is 10.3 Å². The predicted octanol–water partition coefficient (Wildman–Crippen LogP) is 2.17. The lowest BCUT2D eigenvalue weighted by atomic mass is 10.1. The van der Waals surface area contributed by atoms with Crippen molar-refractivity contribution < 1.29 is 4.79 Å². The third-order valence-electron chi connectivity index (χ3n) is 2.60. The number of aryl methyl sites for hydroxylation is 1. The summed E-state index contributed by atoms with van der Waals surface area (Å²) < 4.78 is 0. The van der Waals surface area contributed by atoms with Gasteiger partial charge in [0, 0.05) is 11.8 Å². The van der Waals surface area contributed by atoms with Crippen LogP contribution in [0.4, 0.5) is 0 Å². The van der Waals surface area contributed by atoms with Gasteiger partial charge in [-0.15, -0.1) is 0 Å². The van der Waals surface area contributed by atoms with Crippen molar-refractivity contribution in [1.29, 1.82) is 0 Å². The van der Waals surface area contributed by atoms with E-state index in [1.165, 1.54) is 0 Å². The number of benzene rings is 1. The molecule has 0 bridgehead atoms. The molecule has 1 heterocycles. The van der Waals surface area contributed by atoms with E-state index < -0.39 is 0 Å². The molecule has 0 fully saturated rings. The summed E-state index contributed by atoms with van der Waals surface area (Å²) in [6.45, 7) is 2.32. The van der Waals surface area contributed by atoms with Gasteiger partial charge in [-0.1, -0.05) is 36.1 Å². The molecule has 0 saturated heterocycles. The maximum atomic E-state index is 11.7. The van der Waals surface area contributed by atoms with Crippen molar-refractivity contribution in [3.63, 3.8) is 0 Å². The number of pyridine rings is 1. The number of nitrogens with one attached hydrogen (secondary N) is 1. The molecule has 3 nitrogen and oxygen atoms in total. The minimum absolute atomic E-state index is 0.209. The average Bonchev–Trinajstić information content (AvgIpc) is 2.46. The Morgan fingerprint density at radius 1 is 1.21 bits per heavy atom. The van der Waals surface area contributed by atoms with Crippen LogP contribution in [0.25, 0.3) is 0 Å². The Morgan fingerprint density at radius 2 is 2.00 bits per heavy atom. The van der Waals surface area contributed by atoms with Crippen LogP contribution in [-0.2, 0) is 0 Å². The second-order valence-electron chi connectivity index (χ2n) is 4.01. The highest BCUT2D eigenvalue weighted by atomic mass is 16.1. The summed E-state index contributed by atoms with van der Waals surface area (Å²) in [5, 5.41) is 2.71. The summed E-state index contributed by atoms with van der Waals surface area (Å²) in [5.74, 6) is 5.76. The van der Waals surface area contributed by atoms with Gasteiger partial charge in [-0.2, -0.15) is 0 Å². The van der Waals surface area contributed by atoms with Gasteiger partial charge >= 0.3 is 0 Å². The minimum Gasteiger partial charge on any atom is -0.340 e. The fourth-order valence-corrected chi connectivity index (χ4v) is 1.56. The second kappa shape index (κ2) is 6.36. The number of hydrogen-bond acceptors (Lipinski definition) is 2. The molecule has 94 valence electrons. The van der Waals surface area contributed by atoms with Gasteiger partial charge in [0.25, 0.3) is 5.91 Å². The highest BCUT2D eigenvalue weighted by molar-refractivity contribution is 5.92. The number of carbonyl (C=O) groups excluding carboxylic acids is 1. The largest absolute Gasteiger partial charge is 0.340 e. The highest BCUT2D eigenvalue weighted by Crippen LogP contribution is 2.03. The first-order valence-corrected chi connectivity index (χ1v) is 6.01. The molecule has 0 aliphatic carbocycles. The van der Waals surface area contributed by atoms with Crippen LogP contribution in [0.1, 0.15) is 21.6 Å². The molecule has 0 aliphatic rings. The monoisotopic (exact) mass is 250 g/mol. The number of carbonyl (C=O) groups is 1. The number of amides is 1. The van der Waals surface area contributed by atoms with Gasteiger partial charge in [-0.25, -0.2) is 0 Å². The third kappa shape index (κ3) is 3.68.